The normalized spacial score (nSPS) is 15.8. The van der Waals surface area contributed by atoms with Crippen molar-refractivity contribution in [2.45, 2.75) is 70.9 Å². The van der Waals surface area contributed by atoms with Gasteiger partial charge < -0.3 is 19.3 Å². The molecule has 0 aliphatic heterocycles. The van der Waals surface area contributed by atoms with Crippen LogP contribution in [0.1, 0.15) is 75.1 Å². The lowest BCUT2D eigenvalue weighted by Gasteiger charge is -2.27. The van der Waals surface area contributed by atoms with Crippen LogP contribution in [0.15, 0.2) is 91.2 Å². The standard InChI is InChI=1S/C35H40O4/c1-27(37-32-11-5-4-6-12-32)38-33-21-15-28(16-22-33)9-7-8-10-29-17-23-34(24-18-29)39-35(2,3)31-19-13-30(14-20-31)25-26-36/h7-10,13-27,32,36H,4-6,11-12H2,1-3H3. The van der Waals surface area contributed by atoms with Gasteiger partial charge in [-0.25, -0.2) is 0 Å². The maximum Gasteiger partial charge on any atom is 0.197 e. The maximum absolute atomic E-state index is 8.94. The SMILES string of the molecule is CC(Oc1ccc(C=CC=Cc2ccc(OC(C)(C)c3ccc(C=CO)cc3)cc2)cc1)OC1CCCCC1. The van der Waals surface area contributed by atoms with E-state index in [0.717, 1.165) is 52.9 Å². The van der Waals surface area contributed by atoms with Crippen molar-refractivity contribution in [1.82, 2.24) is 0 Å². The first kappa shape index (κ1) is 28.3. The van der Waals surface area contributed by atoms with Crippen molar-refractivity contribution in [3.05, 3.63) is 113 Å². The van der Waals surface area contributed by atoms with E-state index in [1.165, 1.54) is 19.3 Å². The monoisotopic (exact) mass is 524 g/mol. The van der Waals surface area contributed by atoms with Crippen molar-refractivity contribution >= 4 is 18.2 Å². The molecule has 1 fully saturated rings. The summed E-state index contributed by atoms with van der Waals surface area (Å²) in [7, 11) is 0. The highest BCUT2D eigenvalue weighted by atomic mass is 16.7. The molecule has 3 aromatic carbocycles. The summed E-state index contributed by atoms with van der Waals surface area (Å²) in [6.45, 7) is 6.07. The Bertz CT molecular complexity index is 1230. The Balaban J connectivity index is 1.25. The summed E-state index contributed by atoms with van der Waals surface area (Å²) in [5, 5.41) is 8.94. The molecule has 0 spiro atoms. The van der Waals surface area contributed by atoms with Crippen molar-refractivity contribution in [1.29, 1.82) is 0 Å². The third-order valence-corrected chi connectivity index (χ3v) is 6.93. The number of allylic oxidation sites excluding steroid dienone is 2. The van der Waals surface area contributed by atoms with Gasteiger partial charge in [-0.15, -0.1) is 0 Å². The van der Waals surface area contributed by atoms with Gasteiger partial charge in [-0.3, -0.25) is 0 Å². The second-order valence-corrected chi connectivity index (χ2v) is 10.5. The van der Waals surface area contributed by atoms with E-state index in [9.17, 15) is 0 Å². The van der Waals surface area contributed by atoms with Crippen LogP contribution in [-0.4, -0.2) is 17.5 Å². The van der Waals surface area contributed by atoms with Crippen LogP contribution in [0.25, 0.3) is 18.2 Å². The van der Waals surface area contributed by atoms with Gasteiger partial charge >= 0.3 is 0 Å². The quantitative estimate of drug-likeness (QED) is 0.154. The number of rotatable bonds is 11. The molecule has 4 heteroatoms. The van der Waals surface area contributed by atoms with Crippen LogP contribution in [0.5, 0.6) is 11.5 Å². The number of hydrogen-bond donors (Lipinski definition) is 1. The van der Waals surface area contributed by atoms with Crippen LogP contribution in [-0.2, 0) is 10.3 Å². The molecule has 0 bridgehead atoms. The lowest BCUT2D eigenvalue weighted by molar-refractivity contribution is -0.116. The predicted octanol–water partition coefficient (Wildman–Crippen LogP) is 9.33. The molecule has 1 aliphatic rings. The fraction of sp³-hybridized carbons (Fsp3) is 0.314. The zero-order valence-electron chi connectivity index (χ0n) is 23.3. The topological polar surface area (TPSA) is 47.9 Å². The van der Waals surface area contributed by atoms with Crippen LogP contribution < -0.4 is 9.47 Å². The third-order valence-electron chi connectivity index (χ3n) is 6.93. The number of benzene rings is 3. The molecule has 4 nitrogen and oxygen atoms in total. The molecule has 0 saturated heterocycles. The molecule has 0 radical (unpaired) electrons. The van der Waals surface area contributed by atoms with Gasteiger partial charge in [0.2, 0.25) is 0 Å². The lowest BCUT2D eigenvalue weighted by atomic mass is 9.96. The fourth-order valence-corrected chi connectivity index (χ4v) is 4.76. The van der Waals surface area contributed by atoms with Gasteiger partial charge in [0.15, 0.2) is 6.29 Å². The summed E-state index contributed by atoms with van der Waals surface area (Å²) in [6, 6.07) is 24.1. The highest BCUT2D eigenvalue weighted by molar-refractivity contribution is 5.58. The fourth-order valence-electron chi connectivity index (χ4n) is 4.76. The van der Waals surface area contributed by atoms with Crippen LogP contribution in [0.2, 0.25) is 0 Å². The largest absolute Gasteiger partial charge is 0.516 e. The molecule has 1 aliphatic carbocycles. The Morgan fingerprint density at radius 2 is 1.23 bits per heavy atom. The average molecular weight is 525 g/mol. The first-order valence-corrected chi connectivity index (χ1v) is 13.9. The molecule has 39 heavy (non-hydrogen) atoms. The average Bonchev–Trinajstić information content (AvgIpc) is 2.94. The number of ether oxygens (including phenoxy) is 3. The van der Waals surface area contributed by atoms with Crippen molar-refractivity contribution < 1.29 is 19.3 Å². The van der Waals surface area contributed by atoms with Crippen LogP contribution in [0.4, 0.5) is 0 Å². The first-order chi connectivity index (χ1) is 18.9. The molecular formula is C35H40O4. The van der Waals surface area contributed by atoms with Crippen LogP contribution >= 0.6 is 0 Å². The summed E-state index contributed by atoms with van der Waals surface area (Å²) in [4.78, 5) is 0. The van der Waals surface area contributed by atoms with E-state index < -0.39 is 5.60 Å². The molecule has 0 heterocycles. The third kappa shape index (κ3) is 8.90. The molecule has 3 aromatic rings. The van der Waals surface area contributed by atoms with Gasteiger partial charge in [-0.2, -0.15) is 0 Å². The van der Waals surface area contributed by atoms with Gasteiger partial charge in [-0.1, -0.05) is 92.1 Å². The van der Waals surface area contributed by atoms with E-state index >= 15 is 0 Å². The summed E-state index contributed by atoms with van der Waals surface area (Å²) in [5.41, 5.74) is 3.73. The van der Waals surface area contributed by atoms with Crippen molar-refractivity contribution in [3.8, 4) is 11.5 Å². The molecular weight excluding hydrogens is 484 g/mol. The molecule has 1 atom stereocenters. The number of aliphatic hydroxyl groups is 1. The minimum atomic E-state index is -0.484. The second kappa shape index (κ2) is 13.9. The highest BCUT2D eigenvalue weighted by Gasteiger charge is 2.22. The summed E-state index contributed by atoms with van der Waals surface area (Å²) in [5.74, 6) is 1.64. The van der Waals surface area contributed by atoms with Gasteiger partial charge in [0.1, 0.15) is 17.1 Å². The van der Waals surface area contributed by atoms with E-state index in [1.54, 1.807) is 6.08 Å². The van der Waals surface area contributed by atoms with Gasteiger partial charge in [-0.05, 0) is 86.2 Å². The van der Waals surface area contributed by atoms with Crippen molar-refractivity contribution in [2.24, 2.45) is 0 Å². The predicted molar refractivity (Wildman–Crippen MR) is 161 cm³/mol. The molecule has 0 aromatic heterocycles. The zero-order valence-corrected chi connectivity index (χ0v) is 23.3. The minimum Gasteiger partial charge on any atom is -0.516 e. The van der Waals surface area contributed by atoms with Gasteiger partial charge in [0.05, 0.1) is 12.4 Å². The Kier molecular flexibility index (Phi) is 10.0. The smallest absolute Gasteiger partial charge is 0.197 e. The number of hydrogen-bond acceptors (Lipinski definition) is 4. The minimum absolute atomic E-state index is 0.234. The maximum atomic E-state index is 8.94. The molecule has 0 amide bonds. The van der Waals surface area contributed by atoms with E-state index in [2.05, 4.69) is 24.3 Å². The van der Waals surface area contributed by atoms with Crippen LogP contribution in [0, 0.1) is 0 Å². The van der Waals surface area contributed by atoms with E-state index in [4.69, 9.17) is 19.3 Å². The number of aliphatic hydroxyl groups excluding tert-OH is 1. The Morgan fingerprint density at radius 1 is 0.718 bits per heavy atom. The van der Waals surface area contributed by atoms with Gasteiger partial charge in [0.25, 0.3) is 0 Å². The van der Waals surface area contributed by atoms with Crippen molar-refractivity contribution in [3.63, 3.8) is 0 Å². The molecule has 204 valence electrons. The molecule has 4 rings (SSSR count). The summed E-state index contributed by atoms with van der Waals surface area (Å²) >= 11 is 0. The second-order valence-electron chi connectivity index (χ2n) is 10.5. The van der Waals surface area contributed by atoms with Crippen molar-refractivity contribution in [2.75, 3.05) is 0 Å². The molecule has 1 unspecified atom stereocenters. The zero-order chi connectivity index (χ0) is 27.5. The Labute approximate surface area is 233 Å². The highest BCUT2D eigenvalue weighted by Crippen LogP contribution is 2.28. The summed E-state index contributed by atoms with van der Waals surface area (Å²) < 4.78 is 18.3. The van der Waals surface area contributed by atoms with Crippen LogP contribution in [0.3, 0.4) is 0 Å². The lowest BCUT2D eigenvalue weighted by Crippen LogP contribution is -2.26. The molecule has 1 N–H and O–H groups in total. The molecule has 1 saturated carbocycles. The Hall–Kier alpha value is -3.76. The van der Waals surface area contributed by atoms with Gasteiger partial charge in [0, 0.05) is 0 Å². The van der Waals surface area contributed by atoms with E-state index in [-0.39, 0.29) is 6.29 Å². The first-order valence-electron chi connectivity index (χ1n) is 13.9. The summed E-state index contributed by atoms with van der Waals surface area (Å²) in [6.07, 6.45) is 17.1. The Morgan fingerprint density at radius 3 is 1.79 bits per heavy atom. The van der Waals surface area contributed by atoms with E-state index in [1.807, 2.05) is 93.6 Å². The van der Waals surface area contributed by atoms with E-state index in [0.29, 0.717) is 6.10 Å².